The van der Waals surface area contributed by atoms with Crippen LogP contribution in [0.4, 0.5) is 0 Å². The molecule has 4 aliphatic rings. The van der Waals surface area contributed by atoms with E-state index >= 15 is 0 Å². The number of nitrogens with one attached hydrogen (secondary N) is 4. The quantitative estimate of drug-likeness (QED) is 0.0669. The van der Waals surface area contributed by atoms with Gasteiger partial charge in [-0.3, -0.25) is 29.8 Å². The van der Waals surface area contributed by atoms with Crippen LogP contribution in [0.15, 0.2) is 109 Å². The number of hydrogen-bond donors (Lipinski definition) is 5. The number of allylic oxidation sites excluding steroid dienone is 2. The number of benzene rings is 6. The summed E-state index contributed by atoms with van der Waals surface area (Å²) in [7, 11) is -1.96. The molecule has 2 aliphatic carbocycles. The van der Waals surface area contributed by atoms with Crippen molar-refractivity contribution in [1.82, 2.24) is 29.7 Å². The van der Waals surface area contributed by atoms with Crippen LogP contribution in [0.2, 0.25) is 28.2 Å². The maximum absolute atomic E-state index is 13.3. The van der Waals surface area contributed by atoms with E-state index in [0.29, 0.717) is 44.1 Å². The van der Waals surface area contributed by atoms with Crippen LogP contribution >= 0.6 is 23.2 Å². The Morgan fingerprint density at radius 1 is 0.577 bits per heavy atom. The first kappa shape index (κ1) is 44.0. The lowest BCUT2D eigenvalue weighted by Crippen LogP contribution is -2.43. The molecule has 4 atom stereocenters. The first-order chi connectivity index (χ1) is 34.0. The number of aromatic amines is 2. The number of amides is 4. The van der Waals surface area contributed by atoms with E-state index in [9.17, 15) is 24.3 Å². The summed E-state index contributed by atoms with van der Waals surface area (Å²) in [5, 5.41) is 23.2. The average molecular weight is 998 g/mol. The molecule has 10 aromatic rings. The molecule has 4 amide bonds. The predicted octanol–water partition coefficient (Wildman–Crippen LogP) is 12.7. The standard InChI is InChI=1S/C31H30ClN3O3Si.C25H16ClN3O3/c1-31(2,3)39(4,5)38-18-12-11-17(15-18)35-22-9-7-6-8-20(22)24-26-25(29(36)34-30(26)37)23-19-13-10-16(32)14-21(19)33-27(23)28(24)35;26-11-5-8-14-16(9-11)27-22-18(14)20-21(25(32)28-24(20)31)19-15-3-1-2-4-17(15)29(23(19)22)12-6-7-13(30)10-12/h6-14,17-18,33H,15H2,1-5H3,(H,34,36,37);1-9,12-13,27,30H,10H2,(H,28,31,32)/t17?,18-;12?,13-/m00/s1. The summed E-state index contributed by atoms with van der Waals surface area (Å²) in [5.74, 6) is -1.49. The monoisotopic (exact) mass is 996 g/mol. The van der Waals surface area contributed by atoms with Crippen molar-refractivity contribution < 1.29 is 28.7 Å². The first-order valence-corrected chi connectivity index (χ1v) is 27.5. The molecule has 0 spiro atoms. The fourth-order valence-electron chi connectivity index (χ4n) is 11.6. The van der Waals surface area contributed by atoms with E-state index in [0.717, 1.165) is 88.3 Å². The fraction of sp³-hybridized carbons (Fsp3) is 0.214. The van der Waals surface area contributed by atoms with Crippen molar-refractivity contribution in [1.29, 1.82) is 0 Å². The number of nitrogens with zero attached hydrogens (tertiary/aromatic N) is 2. The third-order valence-electron chi connectivity index (χ3n) is 15.7. The van der Waals surface area contributed by atoms with Gasteiger partial charge in [0.05, 0.1) is 68.6 Å². The number of fused-ring (bicyclic) bond motifs is 20. The Morgan fingerprint density at radius 3 is 1.46 bits per heavy atom. The summed E-state index contributed by atoms with van der Waals surface area (Å²) in [6.45, 7) is 11.3. The van der Waals surface area contributed by atoms with E-state index < -0.39 is 14.4 Å². The van der Waals surface area contributed by atoms with E-state index in [1.54, 1.807) is 12.1 Å². The van der Waals surface area contributed by atoms with Crippen molar-refractivity contribution >= 4 is 142 Å². The van der Waals surface area contributed by atoms with E-state index in [-0.39, 0.29) is 46.9 Å². The molecule has 0 radical (unpaired) electrons. The minimum atomic E-state index is -1.96. The number of halogens is 2. The van der Waals surface area contributed by atoms with Gasteiger partial charge in [-0.25, -0.2) is 0 Å². The van der Waals surface area contributed by atoms with Crippen LogP contribution in [0.5, 0.6) is 0 Å². The molecular weight excluding hydrogens is 952 g/mol. The maximum Gasteiger partial charge on any atom is 0.259 e. The molecule has 15 heteroatoms. The molecule has 0 fully saturated rings. The van der Waals surface area contributed by atoms with Gasteiger partial charge in [-0.1, -0.05) is 117 Å². The second kappa shape index (κ2) is 15.3. The van der Waals surface area contributed by atoms with Crippen LogP contribution in [0.3, 0.4) is 0 Å². The lowest BCUT2D eigenvalue weighted by atomic mass is 9.96. The lowest BCUT2D eigenvalue weighted by molar-refractivity contribution is 0.0864. The lowest BCUT2D eigenvalue weighted by Gasteiger charge is -2.38. The van der Waals surface area contributed by atoms with Gasteiger partial charge in [0.25, 0.3) is 23.6 Å². The molecule has 6 heterocycles. The molecular formula is C56H46Cl2N6O6Si. The number of H-pyrrole nitrogens is 2. The number of rotatable bonds is 4. The number of aliphatic hydroxyl groups excluding tert-OH is 1. The Balaban J connectivity index is 0.000000141. The maximum atomic E-state index is 13.3. The molecule has 5 N–H and O–H groups in total. The van der Waals surface area contributed by atoms with Gasteiger partial charge in [-0.2, -0.15) is 0 Å². The topological polar surface area (TPSA) is 163 Å². The van der Waals surface area contributed by atoms with Crippen molar-refractivity contribution in [3.05, 3.63) is 142 Å². The van der Waals surface area contributed by atoms with Gasteiger partial charge in [0, 0.05) is 88.0 Å². The zero-order valence-corrected chi connectivity index (χ0v) is 41.8. The molecule has 0 saturated heterocycles. The van der Waals surface area contributed by atoms with Crippen LogP contribution in [0.25, 0.3) is 87.2 Å². The Hall–Kier alpha value is -7.00. The third-order valence-corrected chi connectivity index (χ3v) is 20.6. The van der Waals surface area contributed by atoms with Crippen molar-refractivity contribution in [2.45, 2.75) is 76.0 Å². The van der Waals surface area contributed by atoms with E-state index in [1.807, 2.05) is 78.9 Å². The fourth-order valence-corrected chi connectivity index (χ4v) is 13.3. The second-order valence-corrected chi connectivity index (χ2v) is 26.4. The highest BCUT2D eigenvalue weighted by Crippen LogP contribution is 2.49. The van der Waals surface area contributed by atoms with Gasteiger partial charge in [-0.15, -0.1) is 0 Å². The number of carbonyl (C=O) groups is 4. The average Bonchev–Trinajstić information content (AvgIpc) is 4.21. The van der Waals surface area contributed by atoms with Crippen molar-refractivity contribution in [3.8, 4) is 0 Å². The first-order valence-electron chi connectivity index (χ1n) is 23.8. The number of hydrogen-bond acceptors (Lipinski definition) is 6. The molecule has 12 nitrogen and oxygen atoms in total. The van der Waals surface area contributed by atoms with Gasteiger partial charge >= 0.3 is 0 Å². The van der Waals surface area contributed by atoms with Crippen LogP contribution in [-0.2, 0) is 4.43 Å². The van der Waals surface area contributed by atoms with Gasteiger partial charge in [0.2, 0.25) is 0 Å². The summed E-state index contributed by atoms with van der Waals surface area (Å²) < 4.78 is 11.3. The largest absolute Gasteiger partial charge is 0.410 e. The van der Waals surface area contributed by atoms with Crippen molar-refractivity contribution in [3.63, 3.8) is 0 Å². The predicted molar refractivity (Wildman–Crippen MR) is 285 cm³/mol. The Bertz CT molecular complexity index is 4170. The summed E-state index contributed by atoms with van der Waals surface area (Å²) in [4.78, 5) is 59.6. The summed E-state index contributed by atoms with van der Waals surface area (Å²) >= 11 is 12.6. The Kier molecular flexibility index (Phi) is 9.45. The highest BCUT2D eigenvalue weighted by atomic mass is 35.5. The van der Waals surface area contributed by atoms with Crippen LogP contribution < -0.4 is 10.6 Å². The zero-order chi connectivity index (χ0) is 49.2. The number of aromatic nitrogens is 4. The molecule has 14 rings (SSSR count). The van der Waals surface area contributed by atoms with Gasteiger partial charge in [0.15, 0.2) is 8.32 Å². The van der Waals surface area contributed by atoms with E-state index in [2.05, 4.69) is 81.8 Å². The molecule has 0 bridgehead atoms. The molecule has 2 unspecified atom stereocenters. The minimum Gasteiger partial charge on any atom is -0.410 e. The van der Waals surface area contributed by atoms with Crippen LogP contribution in [0.1, 0.15) is 87.1 Å². The molecule has 354 valence electrons. The number of para-hydroxylation sites is 2. The summed E-state index contributed by atoms with van der Waals surface area (Å²) in [5.41, 5.74) is 8.68. The smallest absolute Gasteiger partial charge is 0.259 e. The van der Waals surface area contributed by atoms with Crippen LogP contribution in [-0.4, -0.2) is 68.4 Å². The Labute approximate surface area is 416 Å². The van der Waals surface area contributed by atoms with Crippen molar-refractivity contribution in [2.75, 3.05) is 0 Å². The SMILES string of the molecule is CC(C)(C)[Si](C)(C)O[C@H]1C=CC(n2c3ccccc3c3c4c(c5c6ccc(Cl)cc6[nH]c5c32)C(=O)NC4=O)C1.O=C1NC(=O)c2c1c1c3ccc(Cl)cc3[nH]c1c1c2c2ccccc2n1C1C=C[C@H](O)C1. The highest BCUT2D eigenvalue weighted by molar-refractivity contribution is 6.74. The number of carbonyl (C=O) groups excluding carboxylic acids is 4. The van der Waals surface area contributed by atoms with Crippen molar-refractivity contribution in [2.24, 2.45) is 0 Å². The van der Waals surface area contributed by atoms with Gasteiger partial charge in [-0.05, 0) is 54.5 Å². The third kappa shape index (κ3) is 6.29. The van der Waals surface area contributed by atoms with Gasteiger partial charge < -0.3 is 28.6 Å². The molecule has 2 aliphatic heterocycles. The summed E-state index contributed by atoms with van der Waals surface area (Å²) in [6.07, 6.45) is 9.07. The van der Waals surface area contributed by atoms with Gasteiger partial charge in [0.1, 0.15) is 0 Å². The minimum absolute atomic E-state index is 0.0171. The Morgan fingerprint density at radius 2 is 1.01 bits per heavy atom. The normalized spacial score (nSPS) is 20.0. The highest BCUT2D eigenvalue weighted by Gasteiger charge is 2.42. The molecule has 6 aromatic carbocycles. The zero-order valence-electron chi connectivity index (χ0n) is 39.3. The molecule has 0 saturated carbocycles. The van der Waals surface area contributed by atoms with E-state index in [4.69, 9.17) is 27.6 Å². The summed E-state index contributed by atoms with van der Waals surface area (Å²) in [6, 6.07) is 27.1. The van der Waals surface area contributed by atoms with Crippen LogP contribution in [0, 0.1) is 0 Å². The van der Waals surface area contributed by atoms with E-state index in [1.165, 1.54) is 0 Å². The number of imide groups is 2. The molecule has 71 heavy (non-hydrogen) atoms. The molecule has 4 aromatic heterocycles. The second-order valence-electron chi connectivity index (χ2n) is 20.8. The number of aliphatic hydroxyl groups is 1.